The molecule has 3 aromatic carbocycles. The molecular weight excluding hydrogens is 422 g/mol. The first kappa shape index (κ1) is 23.6. The molecule has 3 aromatic rings. The van der Waals surface area contributed by atoms with E-state index >= 15 is 0 Å². The molecule has 0 atom stereocenters. The number of nitrogens with zero attached hydrogens (tertiary/aromatic N) is 1. The monoisotopic (exact) mass is 449 g/mol. The molecule has 0 unspecified atom stereocenters. The van der Waals surface area contributed by atoms with Crippen molar-refractivity contribution >= 4 is 23.2 Å². The maximum Gasteiger partial charge on any atom is 0.259 e. The maximum atomic E-state index is 12.9. The molecule has 0 bridgehead atoms. The van der Waals surface area contributed by atoms with E-state index in [4.69, 9.17) is 15.2 Å². The van der Waals surface area contributed by atoms with Crippen LogP contribution >= 0.6 is 0 Å². The number of ether oxygens (including phenoxy) is 2. The van der Waals surface area contributed by atoms with Crippen LogP contribution in [0.15, 0.2) is 66.7 Å². The van der Waals surface area contributed by atoms with Crippen molar-refractivity contribution in [3.05, 3.63) is 77.9 Å². The van der Waals surface area contributed by atoms with Gasteiger partial charge >= 0.3 is 0 Å². The third-order valence-corrected chi connectivity index (χ3v) is 4.98. The van der Waals surface area contributed by atoms with Crippen molar-refractivity contribution in [2.75, 3.05) is 37.5 Å². The Balaban J connectivity index is 1.78. The lowest BCUT2D eigenvalue weighted by molar-refractivity contribution is 0.0991. The van der Waals surface area contributed by atoms with Crippen LogP contribution < -0.4 is 25.4 Å². The van der Waals surface area contributed by atoms with E-state index in [1.807, 2.05) is 0 Å². The van der Waals surface area contributed by atoms with E-state index in [0.717, 1.165) is 0 Å². The highest BCUT2D eigenvalue weighted by molar-refractivity contribution is 6.09. The number of phenolic OH excluding ortho intramolecular Hbond substituents is 1. The molecule has 0 aliphatic rings. The van der Waals surface area contributed by atoms with Crippen LogP contribution in [-0.4, -0.2) is 44.2 Å². The summed E-state index contributed by atoms with van der Waals surface area (Å²) in [7, 11) is 3.10. The zero-order chi connectivity index (χ0) is 23.8. The maximum absolute atomic E-state index is 12.9. The number of carbonyl (C=O) groups excluding carboxylic acids is 2. The number of methoxy groups -OCH3 is 1. The summed E-state index contributed by atoms with van der Waals surface area (Å²) >= 11 is 0. The molecule has 0 aliphatic heterocycles. The number of anilines is 2. The van der Waals surface area contributed by atoms with Crippen molar-refractivity contribution in [1.82, 2.24) is 0 Å². The number of aromatic hydroxyl groups is 1. The highest BCUT2D eigenvalue weighted by Gasteiger charge is 2.18. The summed E-state index contributed by atoms with van der Waals surface area (Å²) in [5.41, 5.74) is 7.31. The van der Waals surface area contributed by atoms with Crippen LogP contribution in [0.4, 0.5) is 11.4 Å². The fraction of sp³-hybridized carbons (Fsp3) is 0.200. The van der Waals surface area contributed by atoms with Crippen molar-refractivity contribution in [1.29, 1.82) is 0 Å². The molecule has 3 rings (SSSR count). The van der Waals surface area contributed by atoms with Crippen LogP contribution in [0.2, 0.25) is 0 Å². The molecule has 0 saturated heterocycles. The Morgan fingerprint density at radius 1 is 1.03 bits per heavy atom. The number of rotatable bonds is 9. The number of nitrogens with two attached hydrogens (primary N) is 1. The second-order valence-electron chi connectivity index (χ2n) is 7.24. The third kappa shape index (κ3) is 5.81. The number of phenols is 1. The molecule has 4 N–H and O–H groups in total. The predicted molar refractivity (Wildman–Crippen MR) is 127 cm³/mol. The third-order valence-electron chi connectivity index (χ3n) is 4.98. The van der Waals surface area contributed by atoms with Gasteiger partial charge in [-0.3, -0.25) is 9.59 Å². The molecule has 0 fully saturated rings. The number of amides is 2. The molecule has 0 saturated carbocycles. The molecule has 0 spiro atoms. The van der Waals surface area contributed by atoms with Crippen LogP contribution in [0.25, 0.3) is 0 Å². The van der Waals surface area contributed by atoms with Gasteiger partial charge in [-0.05, 0) is 67.6 Å². The number of carbonyl (C=O) groups is 2. The standard InChI is InChI=1S/C25H27N3O5/c1-28(18-9-11-19(29)12-10-18)25(31)17-8-13-21(23(16-17)32-2)27-24(30)20-6-3-4-7-22(20)33-15-5-14-26/h3-4,6-13,16,29H,5,14-15,26H2,1-2H3,(H,27,30). The van der Waals surface area contributed by atoms with Gasteiger partial charge in [-0.25, -0.2) is 0 Å². The van der Waals surface area contributed by atoms with Gasteiger partial charge in [0.25, 0.3) is 11.8 Å². The van der Waals surface area contributed by atoms with E-state index in [0.29, 0.717) is 53.6 Å². The van der Waals surface area contributed by atoms with Crippen LogP contribution in [0.5, 0.6) is 17.2 Å². The Labute approximate surface area is 192 Å². The number of nitrogens with one attached hydrogen (secondary N) is 1. The largest absolute Gasteiger partial charge is 0.508 e. The van der Waals surface area contributed by atoms with E-state index in [1.165, 1.54) is 24.1 Å². The zero-order valence-corrected chi connectivity index (χ0v) is 18.6. The molecule has 0 radical (unpaired) electrons. The van der Waals surface area contributed by atoms with Gasteiger partial charge in [0, 0.05) is 18.3 Å². The van der Waals surface area contributed by atoms with Crippen molar-refractivity contribution in [3.63, 3.8) is 0 Å². The molecule has 0 aromatic heterocycles. The summed E-state index contributed by atoms with van der Waals surface area (Å²) in [6.07, 6.45) is 0.678. The topological polar surface area (TPSA) is 114 Å². The van der Waals surface area contributed by atoms with Gasteiger partial charge in [-0.1, -0.05) is 12.1 Å². The van der Waals surface area contributed by atoms with Gasteiger partial charge in [-0.2, -0.15) is 0 Å². The zero-order valence-electron chi connectivity index (χ0n) is 18.6. The SMILES string of the molecule is COc1cc(C(=O)N(C)c2ccc(O)cc2)ccc1NC(=O)c1ccccc1OCCCN. The summed E-state index contributed by atoms with van der Waals surface area (Å²) in [6, 6.07) is 18.0. The summed E-state index contributed by atoms with van der Waals surface area (Å²) in [5.74, 6) is 0.291. The molecule has 2 amide bonds. The van der Waals surface area contributed by atoms with Crippen LogP contribution in [0, 0.1) is 0 Å². The average Bonchev–Trinajstić information content (AvgIpc) is 2.84. The smallest absolute Gasteiger partial charge is 0.259 e. The lowest BCUT2D eigenvalue weighted by Gasteiger charge is -2.19. The van der Waals surface area contributed by atoms with E-state index in [1.54, 1.807) is 61.6 Å². The molecular formula is C25H27N3O5. The number of benzene rings is 3. The summed E-state index contributed by atoms with van der Waals surface area (Å²) in [5, 5.41) is 12.3. The fourth-order valence-corrected chi connectivity index (χ4v) is 3.15. The van der Waals surface area contributed by atoms with E-state index in [-0.39, 0.29) is 17.6 Å². The first-order valence-electron chi connectivity index (χ1n) is 10.4. The van der Waals surface area contributed by atoms with Crippen molar-refractivity contribution in [2.24, 2.45) is 5.73 Å². The highest BCUT2D eigenvalue weighted by atomic mass is 16.5. The molecule has 8 nitrogen and oxygen atoms in total. The normalized spacial score (nSPS) is 10.4. The highest BCUT2D eigenvalue weighted by Crippen LogP contribution is 2.29. The van der Waals surface area contributed by atoms with Gasteiger partial charge in [0.15, 0.2) is 0 Å². The lowest BCUT2D eigenvalue weighted by Crippen LogP contribution is -2.26. The Bertz CT molecular complexity index is 1120. The molecule has 0 heterocycles. The predicted octanol–water partition coefficient (Wildman–Crippen LogP) is 3.66. The minimum Gasteiger partial charge on any atom is -0.508 e. The van der Waals surface area contributed by atoms with Crippen LogP contribution in [0.3, 0.4) is 0 Å². The van der Waals surface area contributed by atoms with E-state index < -0.39 is 0 Å². The van der Waals surface area contributed by atoms with Crippen molar-refractivity contribution < 1.29 is 24.2 Å². The first-order chi connectivity index (χ1) is 15.9. The fourth-order valence-electron chi connectivity index (χ4n) is 3.15. The van der Waals surface area contributed by atoms with Crippen LogP contribution in [-0.2, 0) is 0 Å². The summed E-state index contributed by atoms with van der Waals surface area (Å²) in [6.45, 7) is 0.911. The van der Waals surface area contributed by atoms with Crippen LogP contribution in [0.1, 0.15) is 27.1 Å². The second kappa shape index (κ2) is 11.0. The Kier molecular flexibility index (Phi) is 7.88. The Morgan fingerprint density at radius 2 is 1.76 bits per heavy atom. The quantitative estimate of drug-likeness (QED) is 0.430. The van der Waals surface area contributed by atoms with Crippen molar-refractivity contribution in [3.8, 4) is 17.2 Å². The van der Waals surface area contributed by atoms with Gasteiger partial charge in [0.2, 0.25) is 0 Å². The lowest BCUT2D eigenvalue weighted by atomic mass is 10.1. The summed E-state index contributed by atoms with van der Waals surface area (Å²) in [4.78, 5) is 27.3. The van der Waals surface area contributed by atoms with Gasteiger partial charge in [0.1, 0.15) is 17.2 Å². The minimum absolute atomic E-state index is 0.118. The number of hydrogen-bond donors (Lipinski definition) is 3. The van der Waals surface area contributed by atoms with Gasteiger partial charge < -0.3 is 30.5 Å². The minimum atomic E-state index is -0.364. The number of hydrogen-bond acceptors (Lipinski definition) is 6. The molecule has 8 heteroatoms. The first-order valence-corrected chi connectivity index (χ1v) is 10.4. The Morgan fingerprint density at radius 3 is 2.45 bits per heavy atom. The average molecular weight is 450 g/mol. The van der Waals surface area contributed by atoms with Crippen molar-refractivity contribution in [2.45, 2.75) is 6.42 Å². The van der Waals surface area contributed by atoms with Gasteiger partial charge in [-0.15, -0.1) is 0 Å². The van der Waals surface area contributed by atoms with E-state index in [9.17, 15) is 14.7 Å². The molecule has 172 valence electrons. The van der Waals surface area contributed by atoms with Gasteiger partial charge in [0.05, 0.1) is 25.0 Å². The Hall–Kier alpha value is -4.04. The second-order valence-corrected chi connectivity index (χ2v) is 7.24. The summed E-state index contributed by atoms with van der Waals surface area (Å²) < 4.78 is 11.1. The number of para-hydroxylation sites is 1. The molecule has 33 heavy (non-hydrogen) atoms. The molecule has 0 aliphatic carbocycles. The van der Waals surface area contributed by atoms with E-state index in [2.05, 4.69) is 5.32 Å².